The molecule has 120 valence electrons. The van der Waals surface area contributed by atoms with Gasteiger partial charge in [0.05, 0.1) is 24.1 Å². The average molecular weight is 335 g/mol. The average Bonchev–Trinajstić information content (AvgIpc) is 2.58. The Morgan fingerprint density at radius 1 is 1.30 bits per heavy atom. The minimum atomic E-state index is -0.872. The third-order valence-corrected chi connectivity index (χ3v) is 4.57. The van der Waals surface area contributed by atoms with Gasteiger partial charge in [-0.3, -0.25) is 4.79 Å². The molecular weight excluding hydrogens is 322 g/mol. The van der Waals surface area contributed by atoms with E-state index in [1.165, 1.54) is 13.3 Å². The second-order valence-corrected chi connectivity index (χ2v) is 5.97. The Bertz CT molecular complexity index is 674. The molecule has 7 nitrogen and oxygen atoms in total. The molecule has 0 aliphatic carbocycles. The highest BCUT2D eigenvalue weighted by Gasteiger charge is 2.51. The van der Waals surface area contributed by atoms with Gasteiger partial charge >= 0.3 is 12.1 Å². The maximum absolute atomic E-state index is 12.1. The third kappa shape index (κ3) is 3.08. The van der Waals surface area contributed by atoms with Crippen molar-refractivity contribution in [3.05, 3.63) is 47.7 Å². The highest BCUT2D eigenvalue weighted by molar-refractivity contribution is 8.16. The molecule has 2 aliphatic rings. The van der Waals surface area contributed by atoms with Crippen molar-refractivity contribution in [2.75, 3.05) is 7.11 Å². The first kappa shape index (κ1) is 15.6. The zero-order chi connectivity index (χ0) is 16.4. The largest absolute Gasteiger partial charge is 0.466 e. The Morgan fingerprint density at radius 2 is 2.04 bits per heavy atom. The Labute approximate surface area is 136 Å². The number of thioether (sulfide) groups is 1. The van der Waals surface area contributed by atoms with Gasteiger partial charge in [-0.1, -0.05) is 42.1 Å². The molecule has 23 heavy (non-hydrogen) atoms. The van der Waals surface area contributed by atoms with Gasteiger partial charge in [-0.2, -0.15) is 5.06 Å². The lowest BCUT2D eigenvalue weighted by Crippen LogP contribution is -2.53. The number of carbonyl (C=O) groups excluding carboxylic acids is 3. The number of hydroxylamine groups is 2. The molecular formula is C15H13NO6S. The number of methoxy groups -OCH3 is 1. The molecule has 2 atom stereocenters. The molecule has 0 bridgehead atoms. The zero-order valence-electron chi connectivity index (χ0n) is 12.1. The molecule has 0 radical (unpaired) electrons. The number of nitrogens with zero attached hydrogens (tertiary/aromatic N) is 1. The zero-order valence-corrected chi connectivity index (χ0v) is 12.9. The van der Waals surface area contributed by atoms with Crippen LogP contribution < -0.4 is 0 Å². The Hall–Kier alpha value is -2.32. The first-order valence-corrected chi connectivity index (χ1v) is 7.65. The van der Waals surface area contributed by atoms with E-state index < -0.39 is 23.4 Å². The number of hydrogen-bond acceptors (Lipinski definition) is 7. The summed E-state index contributed by atoms with van der Waals surface area (Å²) in [5, 5.41) is 0.0760. The van der Waals surface area contributed by atoms with Gasteiger partial charge in [-0.25, -0.2) is 14.4 Å². The molecule has 0 aromatic heterocycles. The summed E-state index contributed by atoms with van der Waals surface area (Å²) in [7, 11) is 1.23. The number of hydrogen-bond donors (Lipinski definition) is 0. The minimum Gasteiger partial charge on any atom is -0.466 e. The number of esters is 1. The normalized spacial score (nSPS) is 22.6. The second kappa shape index (κ2) is 6.43. The lowest BCUT2D eigenvalue weighted by molar-refractivity contribution is -0.168. The fraction of sp³-hybridized carbons (Fsp3) is 0.267. The smallest absolute Gasteiger partial charge is 0.438 e. The first-order chi connectivity index (χ1) is 11.1. The summed E-state index contributed by atoms with van der Waals surface area (Å²) < 4.78 is 9.79. The lowest BCUT2D eigenvalue weighted by Gasteiger charge is -2.39. The van der Waals surface area contributed by atoms with E-state index in [9.17, 15) is 14.4 Å². The van der Waals surface area contributed by atoms with Gasteiger partial charge in [0.15, 0.2) is 6.10 Å². The van der Waals surface area contributed by atoms with Gasteiger partial charge in [-0.15, -0.1) is 0 Å². The van der Waals surface area contributed by atoms with Crippen LogP contribution in [0.3, 0.4) is 0 Å². The van der Waals surface area contributed by atoms with Crippen LogP contribution in [0.1, 0.15) is 5.56 Å². The summed E-state index contributed by atoms with van der Waals surface area (Å²) in [6.07, 6.45) is -0.471. The van der Waals surface area contributed by atoms with Crippen molar-refractivity contribution >= 4 is 28.9 Å². The fourth-order valence-corrected chi connectivity index (χ4v) is 3.07. The molecule has 1 saturated heterocycles. The Morgan fingerprint density at radius 3 is 2.70 bits per heavy atom. The Kier molecular flexibility index (Phi) is 4.35. The highest BCUT2D eigenvalue weighted by atomic mass is 32.2. The molecule has 2 heterocycles. The summed E-state index contributed by atoms with van der Waals surface area (Å²) in [6.45, 7) is 0.0533. The number of fused-ring (bicyclic) bond motifs is 1. The van der Waals surface area contributed by atoms with Crippen LogP contribution in [0.5, 0.6) is 0 Å². The van der Waals surface area contributed by atoms with E-state index >= 15 is 0 Å². The molecule has 2 unspecified atom stereocenters. The molecule has 0 saturated carbocycles. The number of benzene rings is 1. The highest BCUT2D eigenvalue weighted by Crippen LogP contribution is 2.41. The van der Waals surface area contributed by atoms with Crippen molar-refractivity contribution in [3.8, 4) is 0 Å². The first-order valence-electron chi connectivity index (χ1n) is 6.77. The van der Waals surface area contributed by atoms with Crippen LogP contribution in [-0.2, 0) is 30.5 Å². The van der Waals surface area contributed by atoms with E-state index in [4.69, 9.17) is 9.57 Å². The maximum Gasteiger partial charge on any atom is 0.438 e. The molecule has 3 rings (SSSR count). The molecule has 0 spiro atoms. The van der Waals surface area contributed by atoms with Crippen LogP contribution in [0.25, 0.3) is 0 Å². The molecule has 1 aromatic rings. The molecule has 1 amide bonds. The fourth-order valence-electron chi connectivity index (χ4n) is 2.15. The van der Waals surface area contributed by atoms with Crippen LogP contribution in [0.2, 0.25) is 0 Å². The van der Waals surface area contributed by atoms with Gasteiger partial charge in [0.2, 0.25) is 5.12 Å². The number of amides is 1. The number of rotatable bonds is 3. The van der Waals surface area contributed by atoms with E-state index in [1.54, 1.807) is 0 Å². The number of ether oxygens (including phenoxy) is 2. The van der Waals surface area contributed by atoms with E-state index in [0.717, 1.165) is 22.4 Å². The minimum absolute atomic E-state index is 0.0533. The topological polar surface area (TPSA) is 82.1 Å². The second-order valence-electron chi connectivity index (χ2n) is 4.83. The van der Waals surface area contributed by atoms with Crippen LogP contribution in [-0.4, -0.2) is 40.7 Å². The maximum atomic E-state index is 12.1. The van der Waals surface area contributed by atoms with Crippen molar-refractivity contribution in [1.29, 1.82) is 0 Å². The van der Waals surface area contributed by atoms with E-state index in [2.05, 4.69) is 4.74 Å². The van der Waals surface area contributed by atoms with Gasteiger partial charge in [0.25, 0.3) is 0 Å². The summed E-state index contributed by atoms with van der Waals surface area (Å²) >= 11 is 0.976. The molecule has 0 N–H and O–H groups in total. The van der Waals surface area contributed by atoms with Crippen molar-refractivity contribution in [2.45, 2.75) is 18.0 Å². The van der Waals surface area contributed by atoms with Crippen LogP contribution in [0.4, 0.5) is 4.79 Å². The SMILES string of the molecule is COC(=O)C1=CN(C(=O)OCc2ccccc2)OC2C(=O)SC12. The van der Waals surface area contributed by atoms with Crippen LogP contribution >= 0.6 is 11.8 Å². The standard InChI is InChI=1S/C15H13NO6S/c1-20-13(17)10-7-16(22-11-12(10)23-14(11)18)15(19)21-8-9-5-3-2-4-6-9/h2-7,11-12H,8H2,1H3. The van der Waals surface area contributed by atoms with Crippen molar-refractivity contribution in [2.24, 2.45) is 0 Å². The lowest BCUT2D eigenvalue weighted by atomic mass is 10.1. The summed E-state index contributed by atoms with van der Waals surface area (Å²) in [4.78, 5) is 40.7. The van der Waals surface area contributed by atoms with Crippen molar-refractivity contribution in [3.63, 3.8) is 0 Å². The van der Waals surface area contributed by atoms with Gasteiger partial charge in [0, 0.05) is 0 Å². The van der Waals surface area contributed by atoms with E-state index in [1.807, 2.05) is 30.3 Å². The summed E-state index contributed by atoms with van der Waals surface area (Å²) in [5.74, 6) is -0.607. The van der Waals surface area contributed by atoms with Crippen LogP contribution in [0, 0.1) is 0 Å². The monoisotopic (exact) mass is 335 g/mol. The van der Waals surface area contributed by atoms with Gasteiger partial charge in [-0.05, 0) is 5.56 Å². The predicted octanol–water partition coefficient (Wildman–Crippen LogP) is 1.64. The van der Waals surface area contributed by atoms with Gasteiger partial charge in [0.1, 0.15) is 6.61 Å². The van der Waals surface area contributed by atoms with E-state index in [-0.39, 0.29) is 17.3 Å². The molecule has 1 aromatic carbocycles. The Balaban J connectivity index is 1.70. The quantitative estimate of drug-likeness (QED) is 0.777. The van der Waals surface area contributed by atoms with E-state index in [0.29, 0.717) is 0 Å². The van der Waals surface area contributed by atoms with Crippen molar-refractivity contribution < 1.29 is 28.7 Å². The molecule has 8 heteroatoms. The summed E-state index contributed by atoms with van der Waals surface area (Å²) in [5.41, 5.74) is 1.01. The molecule has 2 aliphatic heterocycles. The number of carbonyl (C=O) groups is 3. The molecule has 1 fully saturated rings. The summed E-state index contributed by atoms with van der Waals surface area (Å²) in [6, 6.07) is 9.12. The predicted molar refractivity (Wildman–Crippen MR) is 79.8 cm³/mol. The van der Waals surface area contributed by atoms with Crippen LogP contribution in [0.15, 0.2) is 42.1 Å². The van der Waals surface area contributed by atoms with Crippen molar-refractivity contribution in [1.82, 2.24) is 5.06 Å². The van der Waals surface area contributed by atoms with Gasteiger partial charge < -0.3 is 9.47 Å². The third-order valence-electron chi connectivity index (χ3n) is 3.35.